The molecule has 3 heteroatoms. The topological polar surface area (TPSA) is 33.1 Å². The number of halogens is 1. The molecule has 0 aromatic heterocycles. The Morgan fingerprint density at radius 2 is 2.15 bits per heavy atom. The fraction of sp³-hybridized carbons (Fsp3) is 0.588. The van der Waals surface area contributed by atoms with E-state index in [1.807, 2.05) is 0 Å². The Kier molecular flexibility index (Phi) is 4.00. The Hall–Kier alpha value is -0.670. The van der Waals surface area contributed by atoms with E-state index in [1.54, 1.807) is 6.21 Å². The van der Waals surface area contributed by atoms with E-state index in [1.165, 1.54) is 24.0 Å². The predicted octanol–water partition coefficient (Wildman–Crippen LogP) is 4.70. The van der Waals surface area contributed by atoms with Gasteiger partial charge in [-0.3, -0.25) is 0 Å². The molecule has 1 saturated carbocycles. The van der Waals surface area contributed by atoms with Crippen molar-refractivity contribution < 1.29 is 4.74 Å². The molecule has 0 amide bonds. The van der Waals surface area contributed by atoms with Crippen LogP contribution in [-0.2, 0) is 11.2 Å². The third-order valence-electron chi connectivity index (χ3n) is 5.14. The summed E-state index contributed by atoms with van der Waals surface area (Å²) < 4.78 is 6.91. The van der Waals surface area contributed by atoms with E-state index in [2.05, 4.69) is 41.1 Å². The summed E-state index contributed by atoms with van der Waals surface area (Å²) >= 11 is 3.57. The molecule has 1 unspecified atom stereocenters. The Labute approximate surface area is 129 Å². The van der Waals surface area contributed by atoms with Crippen LogP contribution in [0.5, 0.6) is 0 Å². The Morgan fingerprint density at radius 1 is 1.40 bits per heavy atom. The van der Waals surface area contributed by atoms with Crippen molar-refractivity contribution in [1.29, 1.82) is 5.41 Å². The molecule has 1 N–H and O–H groups in total. The van der Waals surface area contributed by atoms with E-state index in [9.17, 15) is 0 Å². The minimum absolute atomic E-state index is 0.276. The van der Waals surface area contributed by atoms with Crippen LogP contribution in [0.4, 0.5) is 0 Å². The lowest BCUT2D eigenvalue weighted by Crippen LogP contribution is -2.34. The van der Waals surface area contributed by atoms with Crippen LogP contribution in [-0.4, -0.2) is 18.9 Å². The number of benzene rings is 1. The van der Waals surface area contributed by atoms with Gasteiger partial charge in [-0.1, -0.05) is 22.0 Å². The van der Waals surface area contributed by atoms with Crippen LogP contribution in [0.2, 0.25) is 0 Å². The minimum atomic E-state index is 0.276. The van der Waals surface area contributed by atoms with Crippen molar-refractivity contribution in [3.63, 3.8) is 0 Å². The molecule has 2 nitrogen and oxygen atoms in total. The highest BCUT2D eigenvalue weighted by Crippen LogP contribution is 2.55. The summed E-state index contributed by atoms with van der Waals surface area (Å²) in [5.74, 6) is 0.289. The maximum Gasteiger partial charge on any atom is 0.0575 e. The first-order valence-electron chi connectivity index (χ1n) is 7.59. The lowest BCUT2D eigenvalue weighted by Gasteiger charge is -2.40. The monoisotopic (exact) mass is 335 g/mol. The van der Waals surface area contributed by atoms with Crippen molar-refractivity contribution in [2.24, 2.45) is 5.41 Å². The van der Waals surface area contributed by atoms with E-state index in [0.29, 0.717) is 6.10 Å². The summed E-state index contributed by atoms with van der Waals surface area (Å²) in [5, 5.41) is 7.92. The second-order valence-electron chi connectivity index (χ2n) is 6.18. The largest absolute Gasteiger partial charge is 0.379 e. The molecule has 1 aromatic rings. The standard InChI is InChI=1S/C17H22BrNO/c1-2-20-14-5-7-17(8-6-14)10-12-3-4-13(18)9-15(12)16(17)11-19/h3-4,9,11,14,16,19H,2,5-8,10H2,1H3. The molecule has 1 aromatic carbocycles. The molecule has 20 heavy (non-hydrogen) atoms. The number of hydrogen-bond donors (Lipinski definition) is 1. The van der Waals surface area contributed by atoms with Crippen LogP contribution in [0.1, 0.15) is 49.7 Å². The first-order valence-corrected chi connectivity index (χ1v) is 8.38. The van der Waals surface area contributed by atoms with Crippen LogP contribution >= 0.6 is 15.9 Å². The predicted molar refractivity (Wildman–Crippen MR) is 85.7 cm³/mol. The third kappa shape index (κ3) is 2.35. The molecule has 1 spiro atoms. The van der Waals surface area contributed by atoms with Gasteiger partial charge in [0.1, 0.15) is 0 Å². The normalized spacial score (nSPS) is 32.3. The van der Waals surface area contributed by atoms with Gasteiger partial charge in [-0.15, -0.1) is 0 Å². The first kappa shape index (κ1) is 14.3. The van der Waals surface area contributed by atoms with Gasteiger partial charge < -0.3 is 10.1 Å². The Balaban J connectivity index is 1.84. The van der Waals surface area contributed by atoms with Crippen molar-refractivity contribution >= 4 is 22.1 Å². The third-order valence-corrected chi connectivity index (χ3v) is 5.64. The quantitative estimate of drug-likeness (QED) is 0.797. The fourth-order valence-corrected chi connectivity index (χ4v) is 4.54. The van der Waals surface area contributed by atoms with Gasteiger partial charge in [-0.2, -0.15) is 0 Å². The smallest absolute Gasteiger partial charge is 0.0575 e. The van der Waals surface area contributed by atoms with Crippen LogP contribution in [0, 0.1) is 10.8 Å². The second-order valence-corrected chi connectivity index (χ2v) is 7.10. The van der Waals surface area contributed by atoms with E-state index < -0.39 is 0 Å². The zero-order chi connectivity index (χ0) is 14.2. The Morgan fingerprint density at radius 3 is 2.80 bits per heavy atom. The highest BCUT2D eigenvalue weighted by molar-refractivity contribution is 9.10. The highest BCUT2D eigenvalue weighted by Gasteiger charge is 2.46. The zero-order valence-electron chi connectivity index (χ0n) is 12.0. The maximum atomic E-state index is 7.92. The first-order chi connectivity index (χ1) is 9.68. The fourth-order valence-electron chi connectivity index (χ4n) is 4.16. The summed E-state index contributed by atoms with van der Waals surface area (Å²) in [6, 6.07) is 6.58. The lowest BCUT2D eigenvalue weighted by atomic mass is 9.66. The summed E-state index contributed by atoms with van der Waals surface area (Å²) in [6.45, 7) is 2.90. The molecule has 1 fully saturated rings. The van der Waals surface area contributed by atoms with Gasteiger partial charge in [-0.05, 0) is 67.7 Å². The van der Waals surface area contributed by atoms with Gasteiger partial charge in [0.2, 0.25) is 0 Å². The maximum absolute atomic E-state index is 7.92. The SMILES string of the molecule is CCOC1CCC2(CC1)Cc1ccc(Br)cc1C2C=N. The van der Waals surface area contributed by atoms with E-state index in [0.717, 1.165) is 30.3 Å². The van der Waals surface area contributed by atoms with Crippen LogP contribution in [0.3, 0.4) is 0 Å². The van der Waals surface area contributed by atoms with Crippen LogP contribution in [0.25, 0.3) is 0 Å². The van der Waals surface area contributed by atoms with Crippen molar-refractivity contribution in [1.82, 2.24) is 0 Å². The van der Waals surface area contributed by atoms with Crippen molar-refractivity contribution in [2.75, 3.05) is 6.61 Å². The molecule has 0 aliphatic heterocycles. The minimum Gasteiger partial charge on any atom is -0.379 e. The van der Waals surface area contributed by atoms with Crippen LogP contribution < -0.4 is 0 Å². The number of hydrogen-bond acceptors (Lipinski definition) is 2. The molecule has 2 aliphatic rings. The molecule has 1 atom stereocenters. The average Bonchev–Trinajstić information content (AvgIpc) is 2.74. The highest BCUT2D eigenvalue weighted by atomic mass is 79.9. The van der Waals surface area contributed by atoms with E-state index >= 15 is 0 Å². The molecule has 0 radical (unpaired) electrons. The molecule has 108 valence electrons. The molecule has 3 rings (SSSR count). The van der Waals surface area contributed by atoms with Gasteiger partial charge in [0.05, 0.1) is 6.10 Å². The summed E-state index contributed by atoms with van der Waals surface area (Å²) in [4.78, 5) is 0. The number of nitrogens with one attached hydrogen (secondary N) is 1. The van der Waals surface area contributed by atoms with Gasteiger partial charge in [0.25, 0.3) is 0 Å². The second kappa shape index (κ2) is 5.61. The average molecular weight is 336 g/mol. The number of ether oxygens (including phenoxy) is 1. The molecular weight excluding hydrogens is 314 g/mol. The van der Waals surface area contributed by atoms with Crippen molar-refractivity contribution in [2.45, 2.75) is 51.0 Å². The molecule has 0 bridgehead atoms. The lowest BCUT2D eigenvalue weighted by molar-refractivity contribution is 0.00290. The van der Waals surface area contributed by atoms with E-state index in [4.69, 9.17) is 10.1 Å². The number of rotatable bonds is 3. The summed E-state index contributed by atoms with van der Waals surface area (Å²) in [7, 11) is 0. The molecule has 0 saturated heterocycles. The molecule has 0 heterocycles. The number of fused-ring (bicyclic) bond motifs is 1. The Bertz CT molecular complexity index is 506. The van der Waals surface area contributed by atoms with Gasteiger partial charge in [-0.25, -0.2) is 0 Å². The van der Waals surface area contributed by atoms with Gasteiger partial charge in [0.15, 0.2) is 0 Å². The van der Waals surface area contributed by atoms with Gasteiger partial charge >= 0.3 is 0 Å². The summed E-state index contributed by atoms with van der Waals surface area (Å²) in [6.07, 6.45) is 7.91. The van der Waals surface area contributed by atoms with Crippen molar-refractivity contribution in [3.05, 3.63) is 33.8 Å². The zero-order valence-corrected chi connectivity index (χ0v) is 13.6. The van der Waals surface area contributed by atoms with E-state index in [-0.39, 0.29) is 11.3 Å². The molecule has 2 aliphatic carbocycles. The van der Waals surface area contributed by atoms with Gasteiger partial charge in [0, 0.05) is 23.2 Å². The summed E-state index contributed by atoms with van der Waals surface area (Å²) in [5.41, 5.74) is 3.08. The van der Waals surface area contributed by atoms with Crippen LogP contribution in [0.15, 0.2) is 22.7 Å². The molecular formula is C17H22BrNO. The van der Waals surface area contributed by atoms with Crippen molar-refractivity contribution in [3.8, 4) is 0 Å².